The lowest BCUT2D eigenvalue weighted by Gasteiger charge is -2.49. The number of rotatable bonds is 7. The van der Waals surface area contributed by atoms with Crippen molar-refractivity contribution in [2.24, 2.45) is 0 Å². The largest absolute Gasteiger partial charge is 0.354 e. The minimum atomic E-state index is -0.362. The van der Waals surface area contributed by atoms with Gasteiger partial charge >= 0.3 is 0 Å². The molecule has 2 aliphatic rings. The molecule has 6 nitrogen and oxygen atoms in total. The topological polar surface area (TPSA) is 78.5 Å². The number of carbonyl (C=O) groups excluding carboxylic acids is 3. The monoisotopic (exact) mass is 419 g/mol. The van der Waals surface area contributed by atoms with E-state index in [9.17, 15) is 14.4 Å². The van der Waals surface area contributed by atoms with E-state index < -0.39 is 0 Å². The van der Waals surface area contributed by atoms with Crippen molar-refractivity contribution < 1.29 is 14.4 Å². The van der Waals surface area contributed by atoms with Gasteiger partial charge in [0.2, 0.25) is 17.7 Å². The Labute approximate surface area is 177 Å². The number of nitrogens with one attached hydrogen (secondary N) is 2. The van der Waals surface area contributed by atoms with E-state index in [1.54, 1.807) is 4.90 Å². The second-order valence-electron chi connectivity index (χ2n) is 8.12. The number of benzene rings is 1. The molecule has 3 amide bonds. The molecule has 1 unspecified atom stereocenters. The molecular weight excluding hydrogens is 390 g/mol. The Bertz CT molecular complexity index is 734. The first-order valence-electron chi connectivity index (χ1n) is 10.5. The number of amides is 3. The summed E-state index contributed by atoms with van der Waals surface area (Å²) in [5.74, 6) is -0.261. The maximum absolute atomic E-state index is 12.9. The molecule has 1 aliphatic heterocycles. The van der Waals surface area contributed by atoms with Gasteiger partial charge in [-0.1, -0.05) is 37.3 Å². The van der Waals surface area contributed by atoms with E-state index in [1.807, 2.05) is 25.1 Å². The Morgan fingerprint density at radius 2 is 1.90 bits per heavy atom. The van der Waals surface area contributed by atoms with Gasteiger partial charge in [0.05, 0.1) is 0 Å². The lowest BCUT2D eigenvalue weighted by atomic mass is 9.61. The summed E-state index contributed by atoms with van der Waals surface area (Å²) in [4.78, 5) is 38.5. The number of carbonyl (C=O) groups is 3. The molecule has 1 atom stereocenters. The van der Waals surface area contributed by atoms with Gasteiger partial charge < -0.3 is 15.5 Å². The molecular formula is C22H30ClN3O3. The highest BCUT2D eigenvalue weighted by atomic mass is 35.5. The van der Waals surface area contributed by atoms with Crippen LogP contribution in [0.4, 0.5) is 0 Å². The molecule has 0 spiro atoms. The van der Waals surface area contributed by atoms with Gasteiger partial charge in [-0.05, 0) is 37.7 Å². The molecule has 1 heterocycles. The van der Waals surface area contributed by atoms with Crippen molar-refractivity contribution in [2.75, 3.05) is 19.0 Å². The predicted octanol–water partition coefficient (Wildman–Crippen LogP) is 2.35. The van der Waals surface area contributed by atoms with Crippen molar-refractivity contribution in [3.63, 3.8) is 0 Å². The molecule has 2 fully saturated rings. The molecule has 0 bridgehead atoms. The molecule has 2 N–H and O–H groups in total. The van der Waals surface area contributed by atoms with Crippen molar-refractivity contribution in [3.8, 4) is 0 Å². The third kappa shape index (κ3) is 4.92. The zero-order chi connectivity index (χ0) is 20.9. The summed E-state index contributed by atoms with van der Waals surface area (Å²) in [5.41, 5.74) is 0.952. The molecule has 1 aliphatic carbocycles. The average Bonchev–Trinajstić information content (AvgIpc) is 2.74. The molecule has 1 aromatic rings. The van der Waals surface area contributed by atoms with Gasteiger partial charge in [-0.25, -0.2) is 0 Å². The standard InChI is InChI=1S/C22H30ClN3O3/c1-2-20(28)26-11-7-6-10-18(26)21(29)25-17-12-22(13-17,15-24-19(27)14-23)16-8-4-3-5-9-16/h3-5,8-9,17-18H,2,6-7,10-15H2,1H3,(H,24,27)(H,25,29). The van der Waals surface area contributed by atoms with E-state index >= 15 is 0 Å². The molecule has 158 valence electrons. The molecule has 0 radical (unpaired) electrons. The van der Waals surface area contributed by atoms with E-state index in [0.717, 1.165) is 37.7 Å². The Kier molecular flexibility index (Phi) is 7.17. The van der Waals surface area contributed by atoms with Crippen molar-refractivity contribution in [1.29, 1.82) is 0 Å². The first-order chi connectivity index (χ1) is 14.0. The third-order valence-electron chi connectivity index (χ3n) is 6.18. The van der Waals surface area contributed by atoms with Crippen LogP contribution in [0.2, 0.25) is 0 Å². The van der Waals surface area contributed by atoms with Crippen LogP contribution in [0.25, 0.3) is 0 Å². The van der Waals surface area contributed by atoms with Crippen LogP contribution >= 0.6 is 11.6 Å². The molecule has 1 saturated carbocycles. The second-order valence-corrected chi connectivity index (χ2v) is 8.39. The van der Waals surface area contributed by atoms with E-state index in [-0.39, 0.29) is 41.1 Å². The number of hydrogen-bond donors (Lipinski definition) is 2. The summed E-state index contributed by atoms with van der Waals surface area (Å²) < 4.78 is 0. The fraction of sp³-hybridized carbons (Fsp3) is 0.591. The number of piperidine rings is 1. The van der Waals surface area contributed by atoms with Crippen LogP contribution in [0.15, 0.2) is 30.3 Å². The van der Waals surface area contributed by atoms with Crippen LogP contribution < -0.4 is 10.6 Å². The number of alkyl halides is 1. The lowest BCUT2D eigenvalue weighted by molar-refractivity contribution is -0.142. The predicted molar refractivity (Wildman–Crippen MR) is 113 cm³/mol. The van der Waals surface area contributed by atoms with Gasteiger partial charge in [-0.3, -0.25) is 14.4 Å². The average molecular weight is 420 g/mol. The normalized spacial score (nSPS) is 26.3. The molecule has 1 saturated heterocycles. The summed E-state index contributed by atoms with van der Waals surface area (Å²) in [5, 5.41) is 6.05. The minimum Gasteiger partial charge on any atom is -0.354 e. The van der Waals surface area contributed by atoms with Gasteiger partial charge in [-0.2, -0.15) is 0 Å². The van der Waals surface area contributed by atoms with Crippen molar-refractivity contribution >= 4 is 29.3 Å². The highest BCUT2D eigenvalue weighted by molar-refractivity contribution is 6.27. The van der Waals surface area contributed by atoms with Crippen LogP contribution in [0.1, 0.15) is 51.0 Å². The van der Waals surface area contributed by atoms with Crippen LogP contribution in [-0.4, -0.2) is 53.7 Å². The van der Waals surface area contributed by atoms with Crippen LogP contribution in [0.5, 0.6) is 0 Å². The summed E-state index contributed by atoms with van der Waals surface area (Å²) in [6, 6.07) is 9.75. The minimum absolute atomic E-state index is 0.0381. The van der Waals surface area contributed by atoms with Gasteiger partial charge in [0, 0.05) is 31.0 Å². The second kappa shape index (κ2) is 9.61. The Morgan fingerprint density at radius 3 is 2.55 bits per heavy atom. The van der Waals surface area contributed by atoms with E-state index in [1.165, 1.54) is 0 Å². The Balaban J connectivity index is 1.63. The Morgan fingerprint density at radius 1 is 1.17 bits per heavy atom. The van der Waals surface area contributed by atoms with Crippen LogP contribution in [0.3, 0.4) is 0 Å². The molecule has 7 heteroatoms. The fourth-order valence-electron chi connectivity index (χ4n) is 4.58. The number of halogens is 1. The quantitative estimate of drug-likeness (QED) is 0.666. The molecule has 1 aromatic carbocycles. The van der Waals surface area contributed by atoms with Crippen molar-refractivity contribution in [2.45, 2.75) is 62.9 Å². The fourth-order valence-corrected chi connectivity index (χ4v) is 4.67. The summed E-state index contributed by atoms with van der Waals surface area (Å²) in [6.45, 7) is 2.99. The maximum Gasteiger partial charge on any atom is 0.243 e. The zero-order valence-electron chi connectivity index (χ0n) is 17.0. The summed E-state index contributed by atoms with van der Waals surface area (Å²) in [6.07, 6.45) is 4.56. The molecule has 3 rings (SSSR count). The van der Waals surface area contributed by atoms with Gasteiger partial charge in [-0.15, -0.1) is 11.6 Å². The zero-order valence-corrected chi connectivity index (χ0v) is 17.7. The summed E-state index contributed by atoms with van der Waals surface area (Å²) in [7, 11) is 0. The number of likely N-dealkylation sites (tertiary alicyclic amines) is 1. The lowest BCUT2D eigenvalue weighted by Crippen LogP contribution is -2.61. The molecule has 0 aromatic heterocycles. The first-order valence-corrected chi connectivity index (χ1v) is 11.0. The van der Waals surface area contributed by atoms with Gasteiger partial charge in [0.1, 0.15) is 11.9 Å². The first kappa shape index (κ1) is 21.6. The van der Waals surface area contributed by atoms with Gasteiger partial charge in [0.15, 0.2) is 0 Å². The number of nitrogens with zero attached hydrogens (tertiary/aromatic N) is 1. The highest BCUT2D eigenvalue weighted by Gasteiger charge is 2.47. The SMILES string of the molecule is CCC(=O)N1CCCCC1C(=O)NC1CC(CNC(=O)CCl)(c2ccccc2)C1. The van der Waals surface area contributed by atoms with Gasteiger partial charge in [0.25, 0.3) is 0 Å². The summed E-state index contributed by atoms with van der Waals surface area (Å²) >= 11 is 5.62. The van der Waals surface area contributed by atoms with Crippen LogP contribution in [0, 0.1) is 0 Å². The van der Waals surface area contributed by atoms with E-state index in [0.29, 0.717) is 19.5 Å². The van der Waals surface area contributed by atoms with Crippen LogP contribution in [-0.2, 0) is 19.8 Å². The maximum atomic E-state index is 12.9. The van der Waals surface area contributed by atoms with Crippen molar-refractivity contribution in [1.82, 2.24) is 15.5 Å². The van der Waals surface area contributed by atoms with E-state index in [2.05, 4.69) is 22.8 Å². The third-order valence-corrected chi connectivity index (χ3v) is 6.42. The smallest absolute Gasteiger partial charge is 0.243 e. The van der Waals surface area contributed by atoms with Crippen molar-refractivity contribution in [3.05, 3.63) is 35.9 Å². The van der Waals surface area contributed by atoms with E-state index in [4.69, 9.17) is 11.6 Å². The highest BCUT2D eigenvalue weighted by Crippen LogP contribution is 2.43. The Hall–Kier alpha value is -2.08. The molecule has 29 heavy (non-hydrogen) atoms. The number of hydrogen-bond acceptors (Lipinski definition) is 3.